The van der Waals surface area contributed by atoms with E-state index in [-0.39, 0.29) is 11.9 Å². The maximum Gasteiger partial charge on any atom is 0.246 e. The van der Waals surface area contributed by atoms with E-state index >= 15 is 0 Å². The number of likely N-dealkylation sites (tertiary alicyclic amines) is 1. The second-order valence-electron chi connectivity index (χ2n) is 2.68. The minimum atomic E-state index is 0.0207. The van der Waals surface area contributed by atoms with Crippen LogP contribution >= 0.6 is 0 Å². The van der Waals surface area contributed by atoms with E-state index < -0.39 is 0 Å². The van der Waals surface area contributed by atoms with Crippen LogP contribution in [0.15, 0.2) is 25.3 Å². The smallest absolute Gasteiger partial charge is 0.246 e. The Kier molecular flexibility index (Phi) is 2.47. The monoisotopic (exact) mass is 151 g/mol. The molecule has 0 aromatic rings. The minimum Gasteiger partial charge on any atom is -0.333 e. The first-order chi connectivity index (χ1) is 5.29. The molecule has 1 rings (SSSR count). The van der Waals surface area contributed by atoms with E-state index in [2.05, 4.69) is 13.2 Å². The van der Waals surface area contributed by atoms with Gasteiger partial charge in [-0.3, -0.25) is 4.79 Å². The lowest BCUT2D eigenvalue weighted by atomic mass is 10.2. The van der Waals surface area contributed by atoms with Crippen LogP contribution in [-0.4, -0.2) is 23.4 Å². The molecule has 0 aromatic heterocycles. The normalized spacial score (nSPS) is 23.3. The molecule has 1 unspecified atom stereocenters. The third kappa shape index (κ3) is 1.50. The molecule has 1 fully saturated rings. The van der Waals surface area contributed by atoms with Crippen LogP contribution in [-0.2, 0) is 4.79 Å². The first-order valence-electron chi connectivity index (χ1n) is 3.85. The average Bonchev–Trinajstić information content (AvgIpc) is 2.50. The molecule has 1 atom stereocenters. The number of rotatable bonds is 2. The van der Waals surface area contributed by atoms with E-state index in [1.165, 1.54) is 6.08 Å². The Balaban J connectivity index is 2.62. The van der Waals surface area contributed by atoms with Gasteiger partial charge in [0.2, 0.25) is 5.91 Å². The fourth-order valence-corrected chi connectivity index (χ4v) is 1.43. The Morgan fingerprint density at radius 1 is 1.55 bits per heavy atom. The molecule has 2 nitrogen and oxygen atoms in total. The van der Waals surface area contributed by atoms with Gasteiger partial charge in [0.15, 0.2) is 0 Å². The predicted molar refractivity (Wildman–Crippen MR) is 45.1 cm³/mol. The van der Waals surface area contributed by atoms with E-state index in [0.29, 0.717) is 0 Å². The molecule has 60 valence electrons. The zero-order valence-corrected chi connectivity index (χ0v) is 6.62. The summed E-state index contributed by atoms with van der Waals surface area (Å²) in [6.07, 6.45) is 5.32. The molecule has 0 radical (unpaired) electrons. The van der Waals surface area contributed by atoms with Crippen LogP contribution in [0.2, 0.25) is 0 Å². The van der Waals surface area contributed by atoms with Gasteiger partial charge in [0.05, 0.1) is 6.04 Å². The molecule has 0 saturated carbocycles. The topological polar surface area (TPSA) is 20.3 Å². The van der Waals surface area contributed by atoms with E-state index in [1.807, 2.05) is 6.08 Å². The SMILES string of the molecule is C=CC(=O)N1CCCC1C=C. The van der Waals surface area contributed by atoms with Crippen molar-refractivity contribution >= 4 is 5.91 Å². The minimum absolute atomic E-state index is 0.0207. The summed E-state index contributed by atoms with van der Waals surface area (Å²) in [5.41, 5.74) is 0. The van der Waals surface area contributed by atoms with Crippen molar-refractivity contribution in [2.75, 3.05) is 6.54 Å². The highest BCUT2D eigenvalue weighted by atomic mass is 16.2. The Morgan fingerprint density at radius 2 is 2.27 bits per heavy atom. The average molecular weight is 151 g/mol. The van der Waals surface area contributed by atoms with Crippen LogP contribution < -0.4 is 0 Å². The largest absolute Gasteiger partial charge is 0.333 e. The van der Waals surface area contributed by atoms with Gasteiger partial charge in [-0.25, -0.2) is 0 Å². The van der Waals surface area contributed by atoms with Gasteiger partial charge in [0, 0.05) is 6.54 Å². The molecule has 0 N–H and O–H groups in total. The number of hydrogen-bond donors (Lipinski definition) is 0. The van der Waals surface area contributed by atoms with Gasteiger partial charge in [-0.05, 0) is 18.9 Å². The van der Waals surface area contributed by atoms with Crippen molar-refractivity contribution in [2.45, 2.75) is 18.9 Å². The molecule has 0 bridgehead atoms. The van der Waals surface area contributed by atoms with Crippen molar-refractivity contribution in [1.29, 1.82) is 0 Å². The third-order valence-electron chi connectivity index (χ3n) is 2.03. The Labute approximate surface area is 67.2 Å². The molecule has 0 aromatic carbocycles. The Hall–Kier alpha value is -1.05. The molecule has 1 aliphatic rings. The first kappa shape index (κ1) is 8.05. The molecule has 1 aliphatic heterocycles. The number of carbonyl (C=O) groups excluding carboxylic acids is 1. The molecule has 11 heavy (non-hydrogen) atoms. The van der Waals surface area contributed by atoms with Gasteiger partial charge in [0.25, 0.3) is 0 Å². The fraction of sp³-hybridized carbons (Fsp3) is 0.444. The highest BCUT2D eigenvalue weighted by molar-refractivity contribution is 5.87. The van der Waals surface area contributed by atoms with Gasteiger partial charge in [-0.15, -0.1) is 6.58 Å². The summed E-state index contributed by atoms with van der Waals surface area (Å²) in [4.78, 5) is 12.9. The van der Waals surface area contributed by atoms with E-state index in [1.54, 1.807) is 4.90 Å². The number of hydrogen-bond acceptors (Lipinski definition) is 1. The van der Waals surface area contributed by atoms with Crippen LogP contribution in [0, 0.1) is 0 Å². The lowest BCUT2D eigenvalue weighted by Gasteiger charge is -2.19. The van der Waals surface area contributed by atoms with Crippen LogP contribution in [0.3, 0.4) is 0 Å². The van der Waals surface area contributed by atoms with Crippen LogP contribution in [0.1, 0.15) is 12.8 Å². The van der Waals surface area contributed by atoms with Crippen molar-refractivity contribution in [3.8, 4) is 0 Å². The van der Waals surface area contributed by atoms with Crippen molar-refractivity contribution in [1.82, 2.24) is 4.90 Å². The zero-order valence-electron chi connectivity index (χ0n) is 6.62. The van der Waals surface area contributed by atoms with Crippen molar-refractivity contribution < 1.29 is 4.79 Å². The van der Waals surface area contributed by atoms with Gasteiger partial charge in [-0.2, -0.15) is 0 Å². The quantitative estimate of drug-likeness (QED) is 0.431. The summed E-state index contributed by atoms with van der Waals surface area (Å²) in [7, 11) is 0. The summed E-state index contributed by atoms with van der Waals surface area (Å²) in [5.74, 6) is 0.0207. The van der Waals surface area contributed by atoms with Gasteiger partial charge < -0.3 is 4.90 Å². The van der Waals surface area contributed by atoms with Crippen LogP contribution in [0.4, 0.5) is 0 Å². The first-order valence-corrected chi connectivity index (χ1v) is 3.85. The Morgan fingerprint density at radius 3 is 2.82 bits per heavy atom. The molecular weight excluding hydrogens is 138 g/mol. The van der Waals surface area contributed by atoms with Crippen molar-refractivity contribution in [2.24, 2.45) is 0 Å². The highest BCUT2D eigenvalue weighted by Crippen LogP contribution is 2.17. The van der Waals surface area contributed by atoms with Crippen molar-refractivity contribution in [3.05, 3.63) is 25.3 Å². The fourth-order valence-electron chi connectivity index (χ4n) is 1.43. The third-order valence-corrected chi connectivity index (χ3v) is 2.03. The second kappa shape index (κ2) is 3.37. The van der Waals surface area contributed by atoms with Crippen LogP contribution in [0.5, 0.6) is 0 Å². The maximum absolute atomic E-state index is 11.1. The lowest BCUT2D eigenvalue weighted by Crippen LogP contribution is -2.32. The predicted octanol–water partition coefficient (Wildman–Crippen LogP) is 1.35. The molecule has 0 spiro atoms. The molecule has 2 heteroatoms. The zero-order chi connectivity index (χ0) is 8.27. The summed E-state index contributed by atoms with van der Waals surface area (Å²) in [6, 6.07) is 0.237. The second-order valence-corrected chi connectivity index (χ2v) is 2.68. The van der Waals surface area contributed by atoms with E-state index in [9.17, 15) is 4.79 Å². The standard InChI is InChI=1S/C9H13NO/c1-3-8-6-5-7-10(8)9(11)4-2/h3-4,8H,1-2,5-7H2. The summed E-state index contributed by atoms with van der Waals surface area (Å²) in [5, 5.41) is 0. The van der Waals surface area contributed by atoms with Gasteiger partial charge >= 0.3 is 0 Å². The number of carbonyl (C=O) groups is 1. The van der Waals surface area contributed by atoms with Crippen molar-refractivity contribution in [3.63, 3.8) is 0 Å². The number of nitrogens with zero attached hydrogens (tertiary/aromatic N) is 1. The van der Waals surface area contributed by atoms with Gasteiger partial charge in [-0.1, -0.05) is 12.7 Å². The molecular formula is C9H13NO. The Bertz CT molecular complexity index is 186. The number of amides is 1. The van der Waals surface area contributed by atoms with E-state index in [4.69, 9.17) is 0 Å². The molecule has 1 heterocycles. The highest BCUT2D eigenvalue weighted by Gasteiger charge is 2.23. The summed E-state index contributed by atoms with van der Waals surface area (Å²) < 4.78 is 0. The van der Waals surface area contributed by atoms with Crippen LogP contribution in [0.25, 0.3) is 0 Å². The summed E-state index contributed by atoms with van der Waals surface area (Å²) >= 11 is 0. The lowest BCUT2D eigenvalue weighted by molar-refractivity contribution is -0.126. The van der Waals surface area contributed by atoms with E-state index in [0.717, 1.165) is 19.4 Å². The molecule has 1 amide bonds. The molecule has 0 aliphatic carbocycles. The van der Waals surface area contributed by atoms with Gasteiger partial charge in [0.1, 0.15) is 0 Å². The summed E-state index contributed by atoms with van der Waals surface area (Å²) in [6.45, 7) is 7.98. The maximum atomic E-state index is 11.1. The molecule has 1 saturated heterocycles.